The van der Waals surface area contributed by atoms with Gasteiger partial charge in [-0.2, -0.15) is 0 Å². The van der Waals surface area contributed by atoms with E-state index in [0.717, 1.165) is 64.2 Å². The highest BCUT2D eigenvalue weighted by atomic mass is 16.6. The van der Waals surface area contributed by atoms with Crippen LogP contribution in [0.4, 0.5) is 0 Å². The van der Waals surface area contributed by atoms with Gasteiger partial charge in [0, 0.05) is 19.4 Å². The van der Waals surface area contributed by atoms with Crippen LogP contribution in [0.25, 0.3) is 0 Å². The molecule has 0 aromatic heterocycles. The molecule has 0 radical (unpaired) electrons. The Bertz CT molecular complexity index is 935. The topological polar surface area (TPSA) is 61.8 Å². The Hall–Kier alpha value is -2.14. The summed E-state index contributed by atoms with van der Waals surface area (Å²) >= 11 is 0. The molecule has 1 atom stereocenters. The molecular weight excluding hydrogens is 693 g/mol. The van der Waals surface area contributed by atoms with Crippen molar-refractivity contribution in [3.63, 3.8) is 0 Å². The smallest absolute Gasteiger partial charge is 0.306 e. The van der Waals surface area contributed by atoms with E-state index in [2.05, 4.69) is 69.4 Å². The van der Waals surface area contributed by atoms with E-state index in [9.17, 15) is 9.59 Å². The molecule has 0 amide bonds. The van der Waals surface area contributed by atoms with Gasteiger partial charge in [-0.05, 0) is 57.8 Å². The Morgan fingerprint density at radius 2 is 0.804 bits per heavy atom. The first-order chi connectivity index (χ1) is 27.6. The second-order valence-electron chi connectivity index (χ2n) is 16.0. The highest BCUT2D eigenvalue weighted by Crippen LogP contribution is 2.15. The molecule has 5 heteroatoms. The van der Waals surface area contributed by atoms with Crippen molar-refractivity contribution in [3.8, 4) is 0 Å². The van der Waals surface area contributed by atoms with Gasteiger partial charge in [0.2, 0.25) is 0 Å². The van der Waals surface area contributed by atoms with Crippen molar-refractivity contribution in [2.24, 2.45) is 0 Å². The van der Waals surface area contributed by atoms with Crippen LogP contribution in [-0.2, 0) is 23.8 Å². The fourth-order valence-corrected chi connectivity index (χ4v) is 6.80. The summed E-state index contributed by atoms with van der Waals surface area (Å²) in [5, 5.41) is 0. The number of carbonyl (C=O) groups is 2. The lowest BCUT2D eigenvalue weighted by atomic mass is 10.0. The highest BCUT2D eigenvalue weighted by molar-refractivity contribution is 5.70. The molecule has 0 spiro atoms. The van der Waals surface area contributed by atoms with Crippen molar-refractivity contribution in [1.82, 2.24) is 0 Å². The average Bonchev–Trinajstić information content (AvgIpc) is 3.20. The molecular formula is C51H92O5. The zero-order chi connectivity index (χ0) is 40.7. The van der Waals surface area contributed by atoms with Gasteiger partial charge in [0.05, 0.1) is 6.61 Å². The van der Waals surface area contributed by atoms with Gasteiger partial charge in [0.1, 0.15) is 6.61 Å². The van der Waals surface area contributed by atoms with Crippen molar-refractivity contribution in [3.05, 3.63) is 48.6 Å². The van der Waals surface area contributed by atoms with Crippen LogP contribution in [0.2, 0.25) is 0 Å². The molecule has 0 fully saturated rings. The molecule has 0 rings (SSSR count). The van der Waals surface area contributed by atoms with Crippen molar-refractivity contribution >= 4 is 11.9 Å². The van der Waals surface area contributed by atoms with Crippen molar-refractivity contribution in [2.75, 3.05) is 19.8 Å². The van der Waals surface area contributed by atoms with Crippen LogP contribution in [-0.4, -0.2) is 37.9 Å². The van der Waals surface area contributed by atoms with Crippen LogP contribution in [0.3, 0.4) is 0 Å². The first kappa shape index (κ1) is 53.9. The second kappa shape index (κ2) is 47.2. The summed E-state index contributed by atoms with van der Waals surface area (Å²) in [5.74, 6) is -0.402. The van der Waals surface area contributed by atoms with E-state index in [1.807, 2.05) is 0 Å². The molecule has 0 saturated carbocycles. The minimum absolute atomic E-state index is 0.0843. The fraction of sp³-hybridized carbons (Fsp3) is 0.804. The summed E-state index contributed by atoms with van der Waals surface area (Å²) in [5.41, 5.74) is 0. The van der Waals surface area contributed by atoms with E-state index in [1.165, 1.54) is 141 Å². The number of hydrogen-bond acceptors (Lipinski definition) is 5. The number of allylic oxidation sites excluding steroid dienone is 8. The van der Waals surface area contributed by atoms with E-state index in [1.54, 1.807) is 0 Å². The lowest BCUT2D eigenvalue weighted by Gasteiger charge is -2.18. The van der Waals surface area contributed by atoms with Crippen molar-refractivity contribution in [1.29, 1.82) is 0 Å². The third kappa shape index (κ3) is 44.6. The van der Waals surface area contributed by atoms with E-state index >= 15 is 0 Å². The molecule has 0 aliphatic rings. The lowest BCUT2D eigenvalue weighted by Crippen LogP contribution is -2.30. The summed E-state index contributed by atoms with van der Waals surface area (Å²) in [6, 6.07) is 0. The number of hydrogen-bond donors (Lipinski definition) is 0. The Morgan fingerprint density at radius 1 is 0.411 bits per heavy atom. The van der Waals surface area contributed by atoms with E-state index in [-0.39, 0.29) is 25.2 Å². The fourth-order valence-electron chi connectivity index (χ4n) is 6.80. The van der Waals surface area contributed by atoms with Crippen LogP contribution in [0.5, 0.6) is 0 Å². The Morgan fingerprint density at radius 3 is 1.29 bits per heavy atom. The van der Waals surface area contributed by atoms with Crippen LogP contribution >= 0.6 is 0 Å². The van der Waals surface area contributed by atoms with Crippen LogP contribution in [0.15, 0.2) is 48.6 Å². The Balaban J connectivity index is 4.12. The molecule has 0 bridgehead atoms. The van der Waals surface area contributed by atoms with Gasteiger partial charge in [0.25, 0.3) is 0 Å². The maximum Gasteiger partial charge on any atom is 0.306 e. The first-order valence-corrected chi connectivity index (χ1v) is 24.2. The molecule has 0 N–H and O–H groups in total. The van der Waals surface area contributed by atoms with Crippen LogP contribution in [0.1, 0.15) is 239 Å². The van der Waals surface area contributed by atoms with Gasteiger partial charge >= 0.3 is 11.9 Å². The lowest BCUT2D eigenvalue weighted by molar-refractivity contribution is -0.163. The molecule has 56 heavy (non-hydrogen) atoms. The minimum Gasteiger partial charge on any atom is -0.462 e. The predicted molar refractivity (Wildman–Crippen MR) is 242 cm³/mol. The van der Waals surface area contributed by atoms with Gasteiger partial charge in [-0.15, -0.1) is 0 Å². The minimum atomic E-state index is -0.534. The Labute approximate surface area is 348 Å². The average molecular weight is 785 g/mol. The number of unbranched alkanes of at least 4 members (excludes halogenated alkanes) is 25. The summed E-state index contributed by atoms with van der Waals surface area (Å²) in [6.45, 7) is 7.68. The SMILES string of the molecule is CC/C=C\C/C=C\C/C=C\C/C=C\CCCCCCCCCOCC(COC(=O)CCCCCCCCCCCCCCC)OC(=O)CCCCCCCCC. The van der Waals surface area contributed by atoms with E-state index in [4.69, 9.17) is 14.2 Å². The highest BCUT2D eigenvalue weighted by Gasteiger charge is 2.17. The Kier molecular flexibility index (Phi) is 45.4. The molecule has 0 heterocycles. The zero-order valence-corrected chi connectivity index (χ0v) is 37.4. The molecule has 0 aromatic carbocycles. The van der Waals surface area contributed by atoms with Crippen LogP contribution in [0, 0.1) is 0 Å². The molecule has 326 valence electrons. The van der Waals surface area contributed by atoms with Crippen LogP contribution < -0.4 is 0 Å². The molecule has 0 aromatic rings. The molecule has 0 saturated heterocycles. The normalized spacial score (nSPS) is 12.6. The van der Waals surface area contributed by atoms with Gasteiger partial charge in [-0.1, -0.05) is 217 Å². The molecule has 5 nitrogen and oxygen atoms in total. The van der Waals surface area contributed by atoms with Crippen molar-refractivity contribution < 1.29 is 23.8 Å². The molecule has 0 aliphatic carbocycles. The summed E-state index contributed by atoms with van der Waals surface area (Å²) in [4.78, 5) is 25.2. The van der Waals surface area contributed by atoms with Gasteiger partial charge < -0.3 is 14.2 Å². The molecule has 1 unspecified atom stereocenters. The monoisotopic (exact) mass is 785 g/mol. The molecule has 0 aliphatic heterocycles. The number of esters is 2. The third-order valence-electron chi connectivity index (χ3n) is 10.4. The summed E-state index contributed by atoms with van der Waals surface area (Å²) < 4.78 is 17.3. The van der Waals surface area contributed by atoms with E-state index in [0.29, 0.717) is 19.4 Å². The van der Waals surface area contributed by atoms with Crippen molar-refractivity contribution in [2.45, 2.75) is 245 Å². The summed E-state index contributed by atoms with van der Waals surface area (Å²) in [7, 11) is 0. The van der Waals surface area contributed by atoms with E-state index < -0.39 is 6.10 Å². The standard InChI is InChI=1S/C51H92O5/c1-4-7-10-13-16-18-20-22-23-24-25-26-27-28-30-32-34-37-40-43-46-54-47-49(56-51(53)45-42-39-35-15-12-9-6-3)48-55-50(52)44-41-38-36-33-31-29-21-19-17-14-11-8-5-2/h7,10,16,18,22-23,25-26,49H,4-6,8-9,11-15,17,19-21,24,27-48H2,1-3H3/b10-7-,18-16-,23-22-,26-25-. The van der Waals surface area contributed by atoms with Gasteiger partial charge in [0.15, 0.2) is 6.10 Å². The predicted octanol–water partition coefficient (Wildman–Crippen LogP) is 16.0. The first-order valence-electron chi connectivity index (χ1n) is 24.2. The maximum absolute atomic E-state index is 12.6. The maximum atomic E-state index is 12.6. The largest absolute Gasteiger partial charge is 0.462 e. The van der Waals surface area contributed by atoms with Gasteiger partial charge in [-0.25, -0.2) is 0 Å². The second-order valence-corrected chi connectivity index (χ2v) is 16.0. The summed E-state index contributed by atoms with van der Waals surface area (Å²) in [6.07, 6.45) is 57.0. The number of ether oxygens (including phenoxy) is 3. The number of rotatable bonds is 44. The van der Waals surface area contributed by atoms with Gasteiger partial charge in [-0.3, -0.25) is 9.59 Å². The zero-order valence-electron chi connectivity index (χ0n) is 37.4. The third-order valence-corrected chi connectivity index (χ3v) is 10.4. The quantitative estimate of drug-likeness (QED) is 0.0350. The number of carbonyl (C=O) groups excluding carboxylic acids is 2.